The van der Waals surface area contributed by atoms with Gasteiger partial charge in [0.05, 0.1) is 5.56 Å². The number of benzene rings is 8. The predicted molar refractivity (Wildman–Crippen MR) is 233 cm³/mol. The molecule has 4 nitrogen and oxygen atoms in total. The molecule has 0 aliphatic carbocycles. The minimum atomic E-state index is 0.560. The van der Waals surface area contributed by atoms with Crippen molar-refractivity contribution in [2.24, 2.45) is 0 Å². The monoisotopic (exact) mass is 733 g/mol. The molecule has 8 aromatic carbocycles. The van der Waals surface area contributed by atoms with Crippen LogP contribution in [0.4, 0.5) is 0 Å². The Bertz CT molecular complexity index is 3230. The molecular weight excluding hydrogens is 703 g/mol. The van der Waals surface area contributed by atoms with Gasteiger partial charge in [-0.2, -0.15) is 0 Å². The van der Waals surface area contributed by atoms with Gasteiger partial charge >= 0.3 is 0 Å². The molecule has 0 amide bonds. The minimum Gasteiger partial charge on any atom is -0.455 e. The lowest BCUT2D eigenvalue weighted by molar-refractivity contribution is 0.670. The number of nitrogens with zero attached hydrogens (tertiary/aromatic N) is 3. The fourth-order valence-corrected chi connectivity index (χ4v) is 9.04. The molecule has 0 aliphatic heterocycles. The van der Waals surface area contributed by atoms with Crippen molar-refractivity contribution < 1.29 is 4.42 Å². The SMILES string of the molecule is c1ccc(-c2ccc(-c3nc(-c4ccccc4)nc(-c4cccc5c4oc4c(-c6cc(-c7ccccc7)c7sc8ccccc8c7c6)cccc45)n3)cc2)cc1. The molecule has 0 bridgehead atoms. The van der Waals surface area contributed by atoms with Crippen molar-refractivity contribution in [3.8, 4) is 67.5 Å². The Hall–Kier alpha value is -7.21. The number of aromatic nitrogens is 3. The quantitative estimate of drug-likeness (QED) is 0.171. The highest BCUT2D eigenvalue weighted by Crippen LogP contribution is 2.45. The zero-order chi connectivity index (χ0) is 37.0. The van der Waals surface area contributed by atoms with Crippen LogP contribution in [0.25, 0.3) is 110 Å². The van der Waals surface area contributed by atoms with Crippen LogP contribution in [0.2, 0.25) is 0 Å². The summed E-state index contributed by atoms with van der Waals surface area (Å²) in [5, 5.41) is 4.57. The van der Waals surface area contributed by atoms with Gasteiger partial charge in [-0.25, -0.2) is 15.0 Å². The minimum absolute atomic E-state index is 0.560. The third-order valence-corrected chi connectivity index (χ3v) is 11.8. The van der Waals surface area contributed by atoms with E-state index < -0.39 is 0 Å². The summed E-state index contributed by atoms with van der Waals surface area (Å²) in [6.07, 6.45) is 0. The Balaban J connectivity index is 1.10. The van der Waals surface area contributed by atoms with Crippen molar-refractivity contribution in [3.05, 3.63) is 188 Å². The molecule has 0 atom stereocenters. The molecule has 0 saturated carbocycles. The fraction of sp³-hybridized carbons (Fsp3) is 0. The molecule has 5 heteroatoms. The maximum atomic E-state index is 7.01. The van der Waals surface area contributed by atoms with Crippen LogP contribution in [-0.4, -0.2) is 15.0 Å². The van der Waals surface area contributed by atoms with Crippen LogP contribution in [0.5, 0.6) is 0 Å². The molecule has 0 N–H and O–H groups in total. The van der Waals surface area contributed by atoms with Gasteiger partial charge in [0.25, 0.3) is 0 Å². The third kappa shape index (κ3) is 5.48. The second-order valence-corrected chi connectivity index (χ2v) is 15.0. The smallest absolute Gasteiger partial charge is 0.167 e. The Morgan fingerprint density at radius 1 is 0.321 bits per heavy atom. The number of rotatable bonds is 6. The molecule has 0 aliphatic rings. The summed E-state index contributed by atoms with van der Waals surface area (Å²) < 4.78 is 9.57. The van der Waals surface area contributed by atoms with E-state index in [0.717, 1.165) is 60.9 Å². The second kappa shape index (κ2) is 13.3. The Labute approximate surface area is 327 Å². The maximum absolute atomic E-state index is 7.01. The topological polar surface area (TPSA) is 51.8 Å². The zero-order valence-electron chi connectivity index (χ0n) is 30.1. The van der Waals surface area contributed by atoms with E-state index in [1.807, 2.05) is 53.8 Å². The van der Waals surface area contributed by atoms with Gasteiger partial charge in [0.1, 0.15) is 11.2 Å². The highest BCUT2D eigenvalue weighted by molar-refractivity contribution is 7.26. The normalized spacial score (nSPS) is 11.6. The Morgan fingerprint density at radius 3 is 1.52 bits per heavy atom. The van der Waals surface area contributed by atoms with Gasteiger partial charge in [-0.1, -0.05) is 164 Å². The second-order valence-electron chi connectivity index (χ2n) is 13.9. The lowest BCUT2D eigenvalue weighted by Gasteiger charge is -2.10. The summed E-state index contributed by atoms with van der Waals surface area (Å²) in [6, 6.07) is 65.6. The van der Waals surface area contributed by atoms with Crippen molar-refractivity contribution in [1.82, 2.24) is 15.0 Å². The van der Waals surface area contributed by atoms with Crippen molar-refractivity contribution in [3.63, 3.8) is 0 Å². The Morgan fingerprint density at radius 2 is 0.821 bits per heavy atom. The van der Waals surface area contributed by atoms with E-state index in [1.165, 1.54) is 31.3 Å². The third-order valence-electron chi connectivity index (χ3n) is 10.6. The number of thiophene rings is 1. The fourth-order valence-electron chi connectivity index (χ4n) is 7.82. The molecular formula is C51H31N3OS. The number of para-hydroxylation sites is 2. The van der Waals surface area contributed by atoms with Crippen LogP contribution >= 0.6 is 11.3 Å². The summed E-state index contributed by atoms with van der Waals surface area (Å²) in [7, 11) is 0. The highest BCUT2D eigenvalue weighted by Gasteiger charge is 2.21. The highest BCUT2D eigenvalue weighted by atomic mass is 32.1. The molecule has 11 aromatic rings. The van der Waals surface area contributed by atoms with E-state index in [9.17, 15) is 0 Å². The lowest BCUT2D eigenvalue weighted by Crippen LogP contribution is -2.00. The van der Waals surface area contributed by atoms with E-state index in [-0.39, 0.29) is 0 Å². The van der Waals surface area contributed by atoms with Gasteiger partial charge in [-0.05, 0) is 46.5 Å². The Kier molecular flexibility index (Phi) is 7.64. The summed E-state index contributed by atoms with van der Waals surface area (Å²) in [6.45, 7) is 0. The van der Waals surface area contributed by atoms with E-state index in [2.05, 4.69) is 146 Å². The van der Waals surface area contributed by atoms with Crippen LogP contribution in [0.1, 0.15) is 0 Å². The summed E-state index contributed by atoms with van der Waals surface area (Å²) in [5.74, 6) is 1.77. The number of furan rings is 1. The summed E-state index contributed by atoms with van der Waals surface area (Å²) in [4.78, 5) is 15.2. The standard InChI is InChI=1S/C51H31N3OS/c1-4-14-32(15-5-1)33-26-28-36(29-27-33)50-52-49(35-18-8-3-9-19-35)53-51(54-50)42-24-13-23-41-40-22-12-21-38(46(40)55-47(41)42)37-30-43(34-16-6-2-7-17-34)48-44(31-37)39-20-10-11-25-45(39)56-48/h1-31H. The van der Waals surface area contributed by atoms with E-state index in [4.69, 9.17) is 19.4 Å². The first-order valence-corrected chi connectivity index (χ1v) is 19.5. The van der Waals surface area contributed by atoms with Gasteiger partial charge < -0.3 is 4.42 Å². The van der Waals surface area contributed by atoms with E-state index >= 15 is 0 Å². The van der Waals surface area contributed by atoms with Crippen LogP contribution in [0.15, 0.2) is 192 Å². The molecule has 3 heterocycles. The molecule has 262 valence electrons. The number of hydrogen-bond donors (Lipinski definition) is 0. The number of fused-ring (bicyclic) bond motifs is 6. The summed E-state index contributed by atoms with van der Waals surface area (Å²) in [5.41, 5.74) is 11.1. The molecule has 0 saturated heterocycles. The predicted octanol–water partition coefficient (Wildman–Crippen LogP) is 14.1. The molecule has 11 rings (SSSR count). The average Bonchev–Trinajstić information content (AvgIpc) is 3.86. The summed E-state index contributed by atoms with van der Waals surface area (Å²) >= 11 is 1.85. The first-order valence-electron chi connectivity index (χ1n) is 18.7. The van der Waals surface area contributed by atoms with Crippen molar-refractivity contribution in [2.45, 2.75) is 0 Å². The molecule has 0 radical (unpaired) electrons. The van der Waals surface area contributed by atoms with E-state index in [1.54, 1.807) is 0 Å². The van der Waals surface area contributed by atoms with Crippen molar-refractivity contribution in [1.29, 1.82) is 0 Å². The van der Waals surface area contributed by atoms with Crippen LogP contribution < -0.4 is 0 Å². The largest absolute Gasteiger partial charge is 0.455 e. The zero-order valence-corrected chi connectivity index (χ0v) is 30.9. The van der Waals surface area contributed by atoms with Crippen LogP contribution in [0, 0.1) is 0 Å². The maximum Gasteiger partial charge on any atom is 0.167 e. The molecule has 56 heavy (non-hydrogen) atoms. The first kappa shape index (κ1) is 32.2. The van der Waals surface area contributed by atoms with Gasteiger partial charge in [0.15, 0.2) is 17.5 Å². The van der Waals surface area contributed by atoms with Gasteiger partial charge in [0, 0.05) is 53.2 Å². The first-order chi connectivity index (χ1) is 27.7. The van der Waals surface area contributed by atoms with Gasteiger partial charge in [-0.15, -0.1) is 11.3 Å². The van der Waals surface area contributed by atoms with Gasteiger partial charge in [-0.3, -0.25) is 0 Å². The van der Waals surface area contributed by atoms with Crippen LogP contribution in [0.3, 0.4) is 0 Å². The molecule has 0 spiro atoms. The molecule has 0 fully saturated rings. The van der Waals surface area contributed by atoms with Gasteiger partial charge in [0.2, 0.25) is 0 Å². The van der Waals surface area contributed by atoms with Crippen molar-refractivity contribution in [2.75, 3.05) is 0 Å². The molecule has 3 aromatic heterocycles. The number of hydrogen-bond acceptors (Lipinski definition) is 5. The van der Waals surface area contributed by atoms with E-state index in [0.29, 0.717) is 17.5 Å². The average molecular weight is 734 g/mol. The molecule has 0 unspecified atom stereocenters. The lowest BCUT2D eigenvalue weighted by atomic mass is 9.95. The van der Waals surface area contributed by atoms with Crippen LogP contribution in [-0.2, 0) is 0 Å². The van der Waals surface area contributed by atoms with Crippen molar-refractivity contribution >= 4 is 53.4 Å².